The summed E-state index contributed by atoms with van der Waals surface area (Å²) in [7, 11) is 1.72. The van der Waals surface area contributed by atoms with E-state index in [0.717, 1.165) is 16.5 Å². The molecule has 0 aliphatic carbocycles. The fourth-order valence-corrected chi connectivity index (χ4v) is 3.22. The maximum atomic E-state index is 14.0. The smallest absolute Gasteiger partial charge is 0.410 e. The molecule has 0 saturated heterocycles. The van der Waals surface area contributed by atoms with Crippen LogP contribution in [0.1, 0.15) is 26.3 Å². The van der Waals surface area contributed by atoms with E-state index < -0.39 is 11.4 Å². The highest BCUT2D eigenvalue weighted by molar-refractivity contribution is 6.35. The normalized spacial score (nSPS) is 17.4. The number of ether oxygens (including phenoxy) is 1. The molecule has 0 spiro atoms. The number of benzene rings is 1. The van der Waals surface area contributed by atoms with E-state index in [1.54, 1.807) is 11.9 Å². The Morgan fingerprint density at radius 1 is 1.48 bits per heavy atom. The molecule has 2 aromatic rings. The summed E-state index contributed by atoms with van der Waals surface area (Å²) in [5, 5.41) is 0.876. The fourth-order valence-electron chi connectivity index (χ4n) is 3.02. The predicted octanol–water partition coefficient (Wildman–Crippen LogP) is 4.23. The van der Waals surface area contributed by atoms with Gasteiger partial charge in [-0.25, -0.2) is 9.18 Å². The average Bonchev–Trinajstić information content (AvgIpc) is 2.87. The average molecular weight is 339 g/mol. The molecule has 1 unspecified atom stereocenters. The summed E-state index contributed by atoms with van der Waals surface area (Å²) in [6, 6.07) is 3.20. The Bertz CT molecular complexity index is 779. The third kappa shape index (κ3) is 2.90. The van der Waals surface area contributed by atoms with Gasteiger partial charge in [0.25, 0.3) is 0 Å². The van der Waals surface area contributed by atoms with Crippen LogP contribution < -0.4 is 0 Å². The van der Waals surface area contributed by atoms with Gasteiger partial charge < -0.3 is 14.2 Å². The lowest BCUT2D eigenvalue weighted by atomic mass is 9.99. The van der Waals surface area contributed by atoms with E-state index in [9.17, 15) is 9.18 Å². The number of hydrogen-bond donors (Lipinski definition) is 0. The highest BCUT2D eigenvalue weighted by Gasteiger charge is 2.30. The molecule has 0 bridgehead atoms. The van der Waals surface area contributed by atoms with Crippen LogP contribution >= 0.6 is 11.6 Å². The lowest BCUT2D eigenvalue weighted by molar-refractivity contribution is 0.0204. The minimum absolute atomic E-state index is 0.0893. The van der Waals surface area contributed by atoms with E-state index in [2.05, 4.69) is 0 Å². The van der Waals surface area contributed by atoms with Gasteiger partial charge in [-0.2, -0.15) is 0 Å². The van der Waals surface area contributed by atoms with Crippen molar-refractivity contribution in [2.75, 3.05) is 7.05 Å². The van der Waals surface area contributed by atoms with Crippen LogP contribution in [0.25, 0.3) is 10.9 Å². The van der Waals surface area contributed by atoms with Crippen molar-refractivity contribution in [2.45, 2.75) is 45.4 Å². The van der Waals surface area contributed by atoms with Crippen LogP contribution in [-0.4, -0.2) is 34.3 Å². The Morgan fingerprint density at radius 2 is 2.17 bits per heavy atom. The van der Waals surface area contributed by atoms with Crippen molar-refractivity contribution < 1.29 is 13.9 Å². The molecule has 2 heterocycles. The minimum atomic E-state index is -0.543. The van der Waals surface area contributed by atoms with Gasteiger partial charge in [0.1, 0.15) is 11.4 Å². The van der Waals surface area contributed by atoms with E-state index >= 15 is 0 Å². The molecule has 1 aliphatic heterocycles. The molecule has 3 rings (SSSR count). The summed E-state index contributed by atoms with van der Waals surface area (Å²) in [5.74, 6) is -0.424. The van der Waals surface area contributed by atoms with Gasteiger partial charge in [-0.3, -0.25) is 0 Å². The number of amides is 1. The van der Waals surface area contributed by atoms with Gasteiger partial charge >= 0.3 is 6.09 Å². The lowest BCUT2D eigenvalue weighted by Crippen LogP contribution is -2.45. The molecule has 0 saturated carbocycles. The summed E-state index contributed by atoms with van der Waals surface area (Å²) >= 11 is 6.04. The summed E-state index contributed by atoms with van der Waals surface area (Å²) in [6.07, 6.45) is 2.09. The number of hydrogen-bond acceptors (Lipinski definition) is 2. The fraction of sp³-hybridized carbons (Fsp3) is 0.471. The van der Waals surface area contributed by atoms with E-state index in [4.69, 9.17) is 16.3 Å². The second-order valence-electron chi connectivity index (χ2n) is 7.01. The molecule has 1 atom stereocenters. The van der Waals surface area contributed by atoms with Gasteiger partial charge in [0.2, 0.25) is 0 Å². The number of nitrogens with zero attached hydrogens (tertiary/aromatic N) is 2. The molecule has 124 valence electrons. The van der Waals surface area contributed by atoms with Gasteiger partial charge in [0.05, 0.1) is 16.6 Å². The molecule has 6 heteroatoms. The van der Waals surface area contributed by atoms with Crippen LogP contribution in [-0.2, 0) is 17.7 Å². The first-order valence-electron chi connectivity index (χ1n) is 7.59. The molecule has 1 aromatic heterocycles. The van der Waals surface area contributed by atoms with Gasteiger partial charge in [0, 0.05) is 25.2 Å². The lowest BCUT2D eigenvalue weighted by Gasteiger charge is -2.34. The van der Waals surface area contributed by atoms with Gasteiger partial charge in [0.15, 0.2) is 0 Å². The van der Waals surface area contributed by atoms with Crippen LogP contribution in [0.3, 0.4) is 0 Å². The van der Waals surface area contributed by atoms with E-state index in [0.29, 0.717) is 13.0 Å². The van der Waals surface area contributed by atoms with Gasteiger partial charge in [-0.05, 0) is 44.9 Å². The Hall–Kier alpha value is -1.75. The van der Waals surface area contributed by atoms with Crippen LogP contribution in [0.2, 0.25) is 5.02 Å². The molecular formula is C17H20ClFN2O2. The maximum Gasteiger partial charge on any atom is 0.410 e. The summed E-state index contributed by atoms with van der Waals surface area (Å²) in [6.45, 7) is 6.14. The van der Waals surface area contributed by atoms with Crippen molar-refractivity contribution in [1.82, 2.24) is 9.47 Å². The quantitative estimate of drug-likeness (QED) is 0.780. The first-order valence-corrected chi connectivity index (χ1v) is 7.96. The van der Waals surface area contributed by atoms with Crippen molar-refractivity contribution in [3.05, 3.63) is 34.7 Å². The number of halogens is 2. The Labute approximate surface area is 139 Å². The first kappa shape index (κ1) is 16.1. The highest BCUT2D eigenvalue weighted by atomic mass is 35.5. The van der Waals surface area contributed by atoms with Crippen LogP contribution in [0.5, 0.6) is 0 Å². The molecule has 1 amide bonds. The zero-order valence-electron chi connectivity index (χ0n) is 13.7. The molecule has 1 aromatic carbocycles. The number of likely N-dealkylation sites (N-methyl/N-ethyl adjacent to an activating group) is 1. The third-order valence-corrected chi connectivity index (χ3v) is 4.49. The molecule has 4 nitrogen and oxygen atoms in total. The molecule has 23 heavy (non-hydrogen) atoms. The van der Waals surface area contributed by atoms with Crippen LogP contribution in [0.4, 0.5) is 9.18 Å². The highest BCUT2D eigenvalue weighted by Crippen LogP contribution is 2.34. The summed E-state index contributed by atoms with van der Waals surface area (Å²) in [5.41, 5.74) is 1.27. The number of carbonyl (C=O) groups is 1. The SMILES string of the molecule is CN(C(=O)OC(C)(C)C)C1Cc2cc(F)c(Cl)c3ccn(c23)C1. The van der Waals surface area contributed by atoms with E-state index in [1.165, 1.54) is 6.07 Å². The molecule has 0 fully saturated rings. The monoisotopic (exact) mass is 338 g/mol. The van der Waals surface area contributed by atoms with Crippen molar-refractivity contribution in [3.63, 3.8) is 0 Å². The number of rotatable bonds is 1. The van der Waals surface area contributed by atoms with Gasteiger partial charge in [-0.1, -0.05) is 11.6 Å². The first-order chi connectivity index (χ1) is 10.7. The summed E-state index contributed by atoms with van der Waals surface area (Å²) < 4.78 is 21.4. The Balaban J connectivity index is 1.89. The maximum absolute atomic E-state index is 14.0. The topological polar surface area (TPSA) is 34.5 Å². The molecule has 1 aliphatic rings. The zero-order valence-corrected chi connectivity index (χ0v) is 14.4. The number of carbonyl (C=O) groups excluding carboxylic acids is 1. The summed E-state index contributed by atoms with van der Waals surface area (Å²) in [4.78, 5) is 13.9. The standard InChI is InChI=1S/C17H20ClFN2O2/c1-17(2,3)23-16(22)20(4)11-7-10-8-13(19)14(18)12-5-6-21(9-11)15(10)12/h5-6,8,11H,7,9H2,1-4H3. The predicted molar refractivity (Wildman–Crippen MR) is 88.4 cm³/mol. The third-order valence-electron chi connectivity index (χ3n) is 4.11. The second-order valence-corrected chi connectivity index (χ2v) is 7.39. The van der Waals surface area contributed by atoms with Crippen molar-refractivity contribution in [2.24, 2.45) is 0 Å². The number of aromatic nitrogens is 1. The van der Waals surface area contributed by atoms with Crippen LogP contribution in [0, 0.1) is 5.82 Å². The van der Waals surface area contributed by atoms with Crippen molar-refractivity contribution in [1.29, 1.82) is 0 Å². The van der Waals surface area contributed by atoms with Crippen molar-refractivity contribution in [3.8, 4) is 0 Å². The second kappa shape index (κ2) is 5.41. The Kier molecular flexibility index (Phi) is 3.79. The molecule has 0 N–H and O–H groups in total. The minimum Gasteiger partial charge on any atom is -0.444 e. The van der Waals surface area contributed by atoms with Crippen LogP contribution in [0.15, 0.2) is 18.3 Å². The molecule has 0 radical (unpaired) electrons. The zero-order chi connectivity index (χ0) is 16.9. The van der Waals surface area contributed by atoms with Gasteiger partial charge in [-0.15, -0.1) is 0 Å². The van der Waals surface area contributed by atoms with E-state index in [-0.39, 0.29) is 17.2 Å². The van der Waals surface area contributed by atoms with Crippen molar-refractivity contribution >= 4 is 28.6 Å². The Morgan fingerprint density at radius 3 is 2.83 bits per heavy atom. The molecular weight excluding hydrogens is 319 g/mol. The largest absolute Gasteiger partial charge is 0.444 e. The van der Waals surface area contributed by atoms with E-state index in [1.807, 2.05) is 37.6 Å².